The summed E-state index contributed by atoms with van der Waals surface area (Å²) in [5, 5.41) is 21.6. The Labute approximate surface area is 113 Å². The molecule has 0 bridgehead atoms. The van der Waals surface area contributed by atoms with E-state index in [9.17, 15) is 19.8 Å². The van der Waals surface area contributed by atoms with Gasteiger partial charge in [0, 0.05) is 17.3 Å². The smallest absolute Gasteiger partial charge is 0.333 e. The molecule has 0 aromatic carbocycles. The lowest BCUT2D eigenvalue weighted by molar-refractivity contribution is -0.134. The van der Waals surface area contributed by atoms with E-state index in [-0.39, 0.29) is 16.6 Å². The quantitative estimate of drug-likeness (QED) is 0.730. The van der Waals surface area contributed by atoms with Crippen LogP contribution in [0.4, 0.5) is 0 Å². The van der Waals surface area contributed by atoms with Crippen molar-refractivity contribution in [3.8, 4) is 0 Å². The van der Waals surface area contributed by atoms with E-state index in [4.69, 9.17) is 0 Å². The third-order valence-electron chi connectivity index (χ3n) is 3.16. The lowest BCUT2D eigenvalue weighted by atomic mass is 9.75. The van der Waals surface area contributed by atoms with Crippen molar-refractivity contribution in [2.24, 2.45) is 11.3 Å². The standard InChI is InChI=1S/C14H21NO4/c1-7-10(12(16)17)9(6-14(3,4)5)11(13(18)19)8(2)15-7/h9,15H,6H2,1-5H3,(H,16,17)(H,18,19). The fourth-order valence-electron chi connectivity index (χ4n) is 2.52. The predicted molar refractivity (Wildman–Crippen MR) is 71.4 cm³/mol. The molecule has 5 heteroatoms. The van der Waals surface area contributed by atoms with Gasteiger partial charge in [-0.3, -0.25) is 0 Å². The Morgan fingerprint density at radius 1 is 1.05 bits per heavy atom. The number of hydrogen-bond acceptors (Lipinski definition) is 3. The first kappa shape index (κ1) is 15.3. The molecule has 0 spiro atoms. The Kier molecular flexibility index (Phi) is 4.08. The van der Waals surface area contributed by atoms with Crippen molar-refractivity contribution in [1.82, 2.24) is 5.32 Å². The molecule has 5 nitrogen and oxygen atoms in total. The molecule has 0 aromatic rings. The molecule has 1 rings (SSSR count). The Hall–Kier alpha value is -1.78. The zero-order valence-electron chi connectivity index (χ0n) is 12.0. The van der Waals surface area contributed by atoms with E-state index < -0.39 is 17.9 Å². The van der Waals surface area contributed by atoms with E-state index in [1.54, 1.807) is 13.8 Å². The van der Waals surface area contributed by atoms with Crippen LogP contribution in [-0.2, 0) is 9.59 Å². The van der Waals surface area contributed by atoms with Crippen LogP contribution in [0.2, 0.25) is 0 Å². The summed E-state index contributed by atoms with van der Waals surface area (Å²) in [5.74, 6) is -2.72. The lowest BCUT2D eigenvalue weighted by Crippen LogP contribution is -2.34. The molecular formula is C14H21NO4. The van der Waals surface area contributed by atoms with Gasteiger partial charge in [0.1, 0.15) is 0 Å². The van der Waals surface area contributed by atoms with E-state index in [1.807, 2.05) is 20.8 Å². The largest absolute Gasteiger partial charge is 0.478 e. The van der Waals surface area contributed by atoms with Gasteiger partial charge in [0.05, 0.1) is 11.1 Å². The molecule has 1 aliphatic heterocycles. The van der Waals surface area contributed by atoms with Crippen LogP contribution in [0, 0.1) is 11.3 Å². The molecule has 0 saturated carbocycles. The fourth-order valence-corrected chi connectivity index (χ4v) is 2.52. The second-order valence-electron chi connectivity index (χ2n) is 6.13. The molecule has 3 N–H and O–H groups in total. The summed E-state index contributed by atoms with van der Waals surface area (Å²) in [4.78, 5) is 22.8. The second-order valence-corrected chi connectivity index (χ2v) is 6.13. The van der Waals surface area contributed by atoms with E-state index in [1.165, 1.54) is 0 Å². The molecule has 0 atom stereocenters. The van der Waals surface area contributed by atoms with Crippen LogP contribution in [0.3, 0.4) is 0 Å². The van der Waals surface area contributed by atoms with Crippen LogP contribution >= 0.6 is 0 Å². The highest BCUT2D eigenvalue weighted by Gasteiger charge is 2.37. The normalized spacial score (nSPS) is 17.5. The van der Waals surface area contributed by atoms with Gasteiger partial charge in [0.15, 0.2) is 0 Å². The van der Waals surface area contributed by atoms with Crippen molar-refractivity contribution < 1.29 is 19.8 Å². The molecule has 106 valence electrons. The average Bonchev–Trinajstić information content (AvgIpc) is 2.11. The highest BCUT2D eigenvalue weighted by atomic mass is 16.4. The van der Waals surface area contributed by atoms with Crippen LogP contribution in [-0.4, -0.2) is 22.2 Å². The van der Waals surface area contributed by atoms with Gasteiger partial charge in [0.2, 0.25) is 0 Å². The number of carboxylic acids is 2. The van der Waals surface area contributed by atoms with Gasteiger partial charge in [0.25, 0.3) is 0 Å². The summed E-state index contributed by atoms with van der Waals surface area (Å²) in [7, 11) is 0. The third-order valence-corrected chi connectivity index (χ3v) is 3.16. The second kappa shape index (κ2) is 5.07. The number of aliphatic carboxylic acids is 2. The minimum absolute atomic E-state index is 0.151. The highest BCUT2D eigenvalue weighted by molar-refractivity contribution is 5.96. The Morgan fingerprint density at radius 2 is 1.42 bits per heavy atom. The summed E-state index contributed by atoms with van der Waals surface area (Å²) in [6.45, 7) is 9.25. The summed E-state index contributed by atoms with van der Waals surface area (Å²) in [6.07, 6.45) is 0.479. The van der Waals surface area contributed by atoms with Crippen molar-refractivity contribution >= 4 is 11.9 Å². The minimum atomic E-state index is -1.06. The van der Waals surface area contributed by atoms with Crippen molar-refractivity contribution in [3.63, 3.8) is 0 Å². The van der Waals surface area contributed by atoms with Crippen LogP contribution in [0.1, 0.15) is 41.0 Å². The molecular weight excluding hydrogens is 246 g/mol. The molecule has 0 radical (unpaired) electrons. The number of carboxylic acid groups (broad SMARTS) is 2. The highest BCUT2D eigenvalue weighted by Crippen LogP contribution is 2.38. The number of carbonyl (C=O) groups is 2. The zero-order valence-corrected chi connectivity index (χ0v) is 12.0. The van der Waals surface area contributed by atoms with Crippen LogP contribution in [0.5, 0.6) is 0 Å². The van der Waals surface area contributed by atoms with Gasteiger partial charge >= 0.3 is 11.9 Å². The van der Waals surface area contributed by atoms with Gasteiger partial charge < -0.3 is 15.5 Å². The summed E-state index contributed by atoms with van der Waals surface area (Å²) >= 11 is 0. The summed E-state index contributed by atoms with van der Waals surface area (Å²) in [5.41, 5.74) is 1.17. The van der Waals surface area contributed by atoms with Gasteiger partial charge in [-0.25, -0.2) is 9.59 Å². The van der Waals surface area contributed by atoms with E-state index in [0.717, 1.165) is 0 Å². The molecule has 1 heterocycles. The van der Waals surface area contributed by atoms with Crippen LogP contribution < -0.4 is 5.32 Å². The summed E-state index contributed by atoms with van der Waals surface area (Å²) in [6, 6.07) is 0. The van der Waals surface area contributed by atoms with Crippen molar-refractivity contribution in [1.29, 1.82) is 0 Å². The molecule has 0 aliphatic carbocycles. The SMILES string of the molecule is CC1=C(C(=O)O)C(CC(C)(C)C)C(C(=O)O)=C(C)N1. The van der Waals surface area contributed by atoms with Gasteiger partial charge in [-0.15, -0.1) is 0 Å². The molecule has 0 fully saturated rings. The van der Waals surface area contributed by atoms with Crippen LogP contribution in [0.15, 0.2) is 22.5 Å². The van der Waals surface area contributed by atoms with Crippen molar-refractivity contribution in [3.05, 3.63) is 22.5 Å². The van der Waals surface area contributed by atoms with E-state index in [0.29, 0.717) is 17.8 Å². The number of rotatable bonds is 3. The lowest BCUT2D eigenvalue weighted by Gasteiger charge is -2.32. The number of nitrogens with one attached hydrogen (secondary N) is 1. The Bertz CT molecular complexity index is 444. The van der Waals surface area contributed by atoms with E-state index >= 15 is 0 Å². The first-order valence-corrected chi connectivity index (χ1v) is 6.19. The first-order valence-electron chi connectivity index (χ1n) is 6.19. The minimum Gasteiger partial charge on any atom is -0.478 e. The van der Waals surface area contributed by atoms with Gasteiger partial charge in [-0.05, 0) is 25.7 Å². The Balaban J connectivity index is 3.35. The Morgan fingerprint density at radius 3 is 1.68 bits per heavy atom. The predicted octanol–water partition coefficient (Wildman–Crippen LogP) is 2.36. The fraction of sp³-hybridized carbons (Fsp3) is 0.571. The molecule has 0 saturated heterocycles. The topological polar surface area (TPSA) is 86.6 Å². The first-order chi connectivity index (χ1) is 8.54. The molecule has 0 unspecified atom stereocenters. The van der Waals surface area contributed by atoms with E-state index in [2.05, 4.69) is 5.32 Å². The monoisotopic (exact) mass is 267 g/mol. The zero-order chi connectivity index (χ0) is 15.0. The maximum Gasteiger partial charge on any atom is 0.333 e. The molecule has 1 aliphatic rings. The molecule has 0 amide bonds. The maximum absolute atomic E-state index is 11.4. The average molecular weight is 267 g/mol. The van der Waals surface area contributed by atoms with Gasteiger partial charge in [-0.2, -0.15) is 0 Å². The van der Waals surface area contributed by atoms with Crippen molar-refractivity contribution in [2.45, 2.75) is 41.0 Å². The molecule has 0 aromatic heterocycles. The number of hydrogen-bond donors (Lipinski definition) is 3. The third kappa shape index (κ3) is 3.36. The van der Waals surface area contributed by atoms with Crippen LogP contribution in [0.25, 0.3) is 0 Å². The number of dihydropyridines is 1. The maximum atomic E-state index is 11.4. The molecule has 19 heavy (non-hydrogen) atoms. The number of allylic oxidation sites excluding steroid dienone is 2. The van der Waals surface area contributed by atoms with Gasteiger partial charge in [-0.1, -0.05) is 20.8 Å². The summed E-state index contributed by atoms with van der Waals surface area (Å²) < 4.78 is 0. The van der Waals surface area contributed by atoms with Crippen molar-refractivity contribution in [2.75, 3.05) is 0 Å².